The van der Waals surface area contributed by atoms with E-state index in [9.17, 15) is 8.42 Å². The summed E-state index contributed by atoms with van der Waals surface area (Å²) in [6.45, 7) is 5.24. The summed E-state index contributed by atoms with van der Waals surface area (Å²) in [6.07, 6.45) is 0. The summed E-state index contributed by atoms with van der Waals surface area (Å²) in [5.41, 5.74) is 1.91. The van der Waals surface area contributed by atoms with Crippen molar-refractivity contribution in [1.29, 1.82) is 0 Å². The third-order valence-electron chi connectivity index (χ3n) is 4.10. The molecular formula is C20H27NO5S. The molecule has 2 rings (SSSR count). The highest BCUT2D eigenvalue weighted by atomic mass is 32.2. The topological polar surface area (TPSA) is 65.1 Å². The van der Waals surface area contributed by atoms with Crippen LogP contribution in [0.1, 0.15) is 11.1 Å². The fraction of sp³-hybridized carbons (Fsp3) is 0.400. The summed E-state index contributed by atoms with van der Waals surface area (Å²) in [5.74, 6) is 1.37. The molecule has 2 aromatic carbocycles. The van der Waals surface area contributed by atoms with Crippen LogP contribution in [0.2, 0.25) is 0 Å². The molecule has 0 fully saturated rings. The van der Waals surface area contributed by atoms with Gasteiger partial charge in [-0.15, -0.1) is 0 Å². The Morgan fingerprint density at radius 2 is 1.63 bits per heavy atom. The molecule has 0 aromatic heterocycles. The predicted octanol–water partition coefficient (Wildman–Crippen LogP) is 3.03. The van der Waals surface area contributed by atoms with Gasteiger partial charge in [0, 0.05) is 20.7 Å². The molecule has 148 valence electrons. The van der Waals surface area contributed by atoms with Crippen LogP contribution in [-0.2, 0) is 14.8 Å². The van der Waals surface area contributed by atoms with Crippen LogP contribution >= 0.6 is 0 Å². The maximum absolute atomic E-state index is 12.8. The molecule has 0 aliphatic carbocycles. The normalized spacial score (nSPS) is 11.6. The maximum atomic E-state index is 12.8. The molecular weight excluding hydrogens is 366 g/mol. The molecule has 0 unspecified atom stereocenters. The molecule has 0 amide bonds. The molecule has 0 bridgehead atoms. The largest absolute Gasteiger partial charge is 0.492 e. The summed E-state index contributed by atoms with van der Waals surface area (Å²) in [6, 6.07) is 12.5. The first kappa shape index (κ1) is 21.2. The lowest BCUT2D eigenvalue weighted by atomic mass is 10.2. The van der Waals surface area contributed by atoms with Gasteiger partial charge in [-0.05, 0) is 49.7 Å². The smallest absolute Gasteiger partial charge is 0.242 e. The molecule has 27 heavy (non-hydrogen) atoms. The molecule has 0 atom stereocenters. The van der Waals surface area contributed by atoms with Crippen molar-refractivity contribution in [3.8, 4) is 11.5 Å². The Morgan fingerprint density at radius 3 is 2.26 bits per heavy atom. The number of ether oxygens (including phenoxy) is 3. The predicted molar refractivity (Wildman–Crippen MR) is 105 cm³/mol. The van der Waals surface area contributed by atoms with E-state index in [2.05, 4.69) is 0 Å². The van der Waals surface area contributed by atoms with Crippen molar-refractivity contribution >= 4 is 10.0 Å². The molecule has 0 aliphatic heterocycles. The third-order valence-corrected chi connectivity index (χ3v) is 5.95. The van der Waals surface area contributed by atoms with Gasteiger partial charge in [0.2, 0.25) is 10.0 Å². The number of likely N-dealkylation sites (N-methyl/N-ethyl adjacent to an activating group) is 1. The molecule has 0 aliphatic rings. The van der Waals surface area contributed by atoms with Crippen LogP contribution in [0.25, 0.3) is 0 Å². The highest BCUT2D eigenvalue weighted by molar-refractivity contribution is 7.89. The molecule has 6 nitrogen and oxygen atoms in total. The Labute approximate surface area is 161 Å². The van der Waals surface area contributed by atoms with Gasteiger partial charge in [-0.1, -0.05) is 17.7 Å². The minimum atomic E-state index is -3.59. The molecule has 0 N–H and O–H groups in total. The van der Waals surface area contributed by atoms with Crippen molar-refractivity contribution in [3.05, 3.63) is 53.6 Å². The minimum absolute atomic E-state index is 0.233. The van der Waals surface area contributed by atoms with E-state index in [1.807, 2.05) is 38.1 Å². The average molecular weight is 394 g/mol. The maximum Gasteiger partial charge on any atom is 0.242 e. The molecule has 7 heteroatoms. The zero-order valence-electron chi connectivity index (χ0n) is 16.3. The lowest BCUT2D eigenvalue weighted by Gasteiger charge is -2.18. The van der Waals surface area contributed by atoms with Crippen molar-refractivity contribution in [2.75, 3.05) is 40.5 Å². The van der Waals surface area contributed by atoms with Crippen LogP contribution in [0.4, 0.5) is 0 Å². The molecule has 0 heterocycles. The van der Waals surface area contributed by atoms with E-state index in [-0.39, 0.29) is 18.0 Å². The van der Waals surface area contributed by atoms with E-state index < -0.39 is 10.0 Å². The van der Waals surface area contributed by atoms with Gasteiger partial charge in [0.05, 0.1) is 11.5 Å². The van der Waals surface area contributed by atoms with Crippen LogP contribution in [0.5, 0.6) is 11.5 Å². The number of aryl methyl sites for hydroxylation is 2. The number of hydrogen-bond donors (Lipinski definition) is 0. The molecule has 0 spiro atoms. The van der Waals surface area contributed by atoms with E-state index >= 15 is 0 Å². The van der Waals surface area contributed by atoms with Crippen molar-refractivity contribution in [2.45, 2.75) is 18.7 Å². The number of benzene rings is 2. The summed E-state index contributed by atoms with van der Waals surface area (Å²) < 4.78 is 42.9. The van der Waals surface area contributed by atoms with Crippen molar-refractivity contribution in [2.24, 2.45) is 0 Å². The van der Waals surface area contributed by atoms with E-state index in [0.717, 1.165) is 16.9 Å². The Hall–Kier alpha value is -2.09. The number of nitrogens with zero attached hydrogens (tertiary/aromatic N) is 1. The van der Waals surface area contributed by atoms with Gasteiger partial charge in [-0.3, -0.25) is 0 Å². The zero-order chi connectivity index (χ0) is 19.9. The SMILES string of the molecule is COCCOc1ccc(S(=O)(=O)N(C)CCOc2ccc(C)cc2)cc1C. The van der Waals surface area contributed by atoms with Crippen LogP contribution in [0, 0.1) is 13.8 Å². The van der Waals surface area contributed by atoms with Crippen LogP contribution < -0.4 is 9.47 Å². The summed E-state index contributed by atoms with van der Waals surface area (Å²) >= 11 is 0. The lowest BCUT2D eigenvalue weighted by Crippen LogP contribution is -2.31. The minimum Gasteiger partial charge on any atom is -0.492 e. The zero-order valence-corrected chi connectivity index (χ0v) is 17.1. The van der Waals surface area contributed by atoms with Gasteiger partial charge < -0.3 is 14.2 Å². The summed E-state index contributed by atoms with van der Waals surface area (Å²) in [4.78, 5) is 0.233. The fourth-order valence-electron chi connectivity index (χ4n) is 2.41. The van der Waals surface area contributed by atoms with Crippen LogP contribution in [0.15, 0.2) is 47.4 Å². The highest BCUT2D eigenvalue weighted by Gasteiger charge is 2.21. The van der Waals surface area contributed by atoms with Gasteiger partial charge >= 0.3 is 0 Å². The van der Waals surface area contributed by atoms with Gasteiger partial charge in [-0.25, -0.2) is 8.42 Å². The van der Waals surface area contributed by atoms with Crippen molar-refractivity contribution in [1.82, 2.24) is 4.31 Å². The van der Waals surface area contributed by atoms with Crippen molar-refractivity contribution in [3.63, 3.8) is 0 Å². The fourth-order valence-corrected chi connectivity index (χ4v) is 3.65. The lowest BCUT2D eigenvalue weighted by molar-refractivity contribution is 0.146. The molecule has 0 saturated carbocycles. The Kier molecular flexibility index (Phi) is 7.65. The van der Waals surface area contributed by atoms with E-state index in [4.69, 9.17) is 14.2 Å². The highest BCUT2D eigenvalue weighted by Crippen LogP contribution is 2.23. The second-order valence-electron chi connectivity index (χ2n) is 6.26. The summed E-state index contributed by atoms with van der Waals surface area (Å²) in [5, 5.41) is 0. The standard InChI is InChI=1S/C20H27NO5S/c1-16-5-7-18(8-6-16)25-12-11-21(3)27(22,23)19-9-10-20(17(2)15-19)26-14-13-24-4/h5-10,15H,11-14H2,1-4H3. The number of hydrogen-bond acceptors (Lipinski definition) is 5. The van der Waals surface area contributed by atoms with Gasteiger partial charge in [0.15, 0.2) is 0 Å². The average Bonchev–Trinajstić information content (AvgIpc) is 2.64. The Bertz CT molecular complexity index is 834. The van der Waals surface area contributed by atoms with Gasteiger partial charge in [-0.2, -0.15) is 4.31 Å². The Balaban J connectivity index is 1.97. The first-order valence-corrected chi connectivity index (χ1v) is 10.2. The first-order valence-electron chi connectivity index (χ1n) is 8.73. The second kappa shape index (κ2) is 9.73. The van der Waals surface area contributed by atoms with Crippen LogP contribution in [0.3, 0.4) is 0 Å². The second-order valence-corrected chi connectivity index (χ2v) is 8.30. The quantitative estimate of drug-likeness (QED) is 0.581. The molecule has 0 radical (unpaired) electrons. The summed E-state index contributed by atoms with van der Waals surface area (Å²) in [7, 11) is -0.442. The Morgan fingerprint density at radius 1 is 0.926 bits per heavy atom. The monoisotopic (exact) mass is 393 g/mol. The number of sulfonamides is 1. The first-order chi connectivity index (χ1) is 12.8. The van der Waals surface area contributed by atoms with E-state index in [1.54, 1.807) is 32.4 Å². The number of rotatable bonds is 10. The van der Waals surface area contributed by atoms with Crippen LogP contribution in [-0.4, -0.2) is 53.2 Å². The van der Waals surface area contributed by atoms with Gasteiger partial charge in [0.1, 0.15) is 24.7 Å². The van der Waals surface area contributed by atoms with E-state index in [0.29, 0.717) is 19.0 Å². The van der Waals surface area contributed by atoms with Gasteiger partial charge in [0.25, 0.3) is 0 Å². The molecule has 2 aromatic rings. The third kappa shape index (κ3) is 5.95. The molecule has 0 saturated heterocycles. The van der Waals surface area contributed by atoms with E-state index in [1.165, 1.54) is 4.31 Å². The van der Waals surface area contributed by atoms with Crippen molar-refractivity contribution < 1.29 is 22.6 Å². The number of methoxy groups -OCH3 is 1.